The summed E-state index contributed by atoms with van der Waals surface area (Å²) in [6.07, 6.45) is -0.0466. The molecule has 0 bridgehead atoms. The van der Waals surface area contributed by atoms with E-state index >= 15 is 0 Å². The predicted octanol–water partition coefficient (Wildman–Crippen LogP) is 2.78. The second kappa shape index (κ2) is 7.06. The molecule has 2 aromatic carbocycles. The van der Waals surface area contributed by atoms with E-state index in [0.29, 0.717) is 11.1 Å². The molecule has 22 heavy (non-hydrogen) atoms. The predicted molar refractivity (Wildman–Crippen MR) is 78.7 cm³/mol. The highest BCUT2D eigenvalue weighted by atomic mass is 16.3. The largest absolute Gasteiger partial charge is 0.872 e. The summed E-state index contributed by atoms with van der Waals surface area (Å²) in [6, 6.07) is 18.6. The molecule has 0 aromatic heterocycles. The highest BCUT2D eigenvalue weighted by molar-refractivity contribution is 5.96. The van der Waals surface area contributed by atoms with Crippen molar-refractivity contribution in [1.82, 2.24) is 0 Å². The Morgan fingerprint density at radius 1 is 1.00 bits per heavy atom. The standard InChI is InChI=1S/C18H14N2O2/c19-11-14(12-20)16(15-8-4-5-9-17(15)21)10-18(22)13-6-2-1-3-7-13/h1-9,14,16,21H,10H2/p-1. The summed E-state index contributed by atoms with van der Waals surface area (Å²) in [7, 11) is 0. The van der Waals surface area contributed by atoms with Gasteiger partial charge in [-0.05, 0) is 5.56 Å². The van der Waals surface area contributed by atoms with Crippen LogP contribution in [0.1, 0.15) is 28.3 Å². The maximum atomic E-state index is 12.4. The van der Waals surface area contributed by atoms with E-state index in [4.69, 9.17) is 10.5 Å². The number of carbonyl (C=O) groups excluding carboxylic acids is 1. The van der Waals surface area contributed by atoms with Crippen LogP contribution in [0.2, 0.25) is 0 Å². The highest BCUT2D eigenvalue weighted by Gasteiger charge is 2.26. The number of ketones is 1. The Morgan fingerprint density at radius 2 is 1.59 bits per heavy atom. The lowest BCUT2D eigenvalue weighted by molar-refractivity contribution is -0.269. The first-order chi connectivity index (χ1) is 10.7. The van der Waals surface area contributed by atoms with Gasteiger partial charge < -0.3 is 5.11 Å². The van der Waals surface area contributed by atoms with Crippen molar-refractivity contribution in [1.29, 1.82) is 10.5 Å². The Hall–Kier alpha value is -3.11. The molecule has 0 saturated carbocycles. The number of para-hydroxylation sites is 1. The van der Waals surface area contributed by atoms with Gasteiger partial charge in [0.05, 0.1) is 12.1 Å². The quantitative estimate of drug-likeness (QED) is 0.792. The smallest absolute Gasteiger partial charge is 0.163 e. The van der Waals surface area contributed by atoms with Crippen LogP contribution in [0, 0.1) is 28.6 Å². The van der Waals surface area contributed by atoms with Gasteiger partial charge in [-0.25, -0.2) is 0 Å². The van der Waals surface area contributed by atoms with Crippen molar-refractivity contribution in [3.05, 3.63) is 65.7 Å². The second-order valence-electron chi connectivity index (χ2n) is 4.87. The summed E-state index contributed by atoms with van der Waals surface area (Å²) in [5.74, 6) is -2.22. The van der Waals surface area contributed by atoms with Crippen LogP contribution in [0.5, 0.6) is 5.75 Å². The number of hydrogen-bond acceptors (Lipinski definition) is 4. The molecule has 0 saturated heterocycles. The van der Waals surface area contributed by atoms with Crippen molar-refractivity contribution in [3.63, 3.8) is 0 Å². The van der Waals surface area contributed by atoms with Crippen molar-refractivity contribution in [2.75, 3.05) is 0 Å². The van der Waals surface area contributed by atoms with E-state index < -0.39 is 11.8 Å². The van der Waals surface area contributed by atoms with E-state index in [-0.39, 0.29) is 18.0 Å². The number of benzene rings is 2. The van der Waals surface area contributed by atoms with Crippen molar-refractivity contribution in [3.8, 4) is 17.9 Å². The average molecular weight is 289 g/mol. The van der Waals surface area contributed by atoms with Crippen LogP contribution in [0.4, 0.5) is 0 Å². The first-order valence-electron chi connectivity index (χ1n) is 6.80. The van der Waals surface area contributed by atoms with Crippen LogP contribution >= 0.6 is 0 Å². The summed E-state index contributed by atoms with van der Waals surface area (Å²) >= 11 is 0. The number of Topliss-reactive ketones (excluding diaryl/α,β-unsaturated/α-hetero) is 1. The molecule has 0 aliphatic heterocycles. The lowest BCUT2D eigenvalue weighted by Crippen LogP contribution is -2.16. The van der Waals surface area contributed by atoms with Crippen LogP contribution in [0.3, 0.4) is 0 Å². The third-order valence-electron chi connectivity index (χ3n) is 3.50. The van der Waals surface area contributed by atoms with E-state index in [1.54, 1.807) is 48.5 Å². The average Bonchev–Trinajstić information content (AvgIpc) is 2.56. The molecule has 0 N–H and O–H groups in total. The molecule has 1 atom stereocenters. The minimum Gasteiger partial charge on any atom is -0.872 e. The fourth-order valence-electron chi connectivity index (χ4n) is 2.34. The van der Waals surface area contributed by atoms with Gasteiger partial charge in [0.15, 0.2) is 5.78 Å². The summed E-state index contributed by atoms with van der Waals surface area (Å²) in [5.41, 5.74) is 0.838. The second-order valence-corrected chi connectivity index (χ2v) is 4.87. The molecular formula is C18H13N2O2-. The molecule has 0 aliphatic carbocycles. The van der Waals surface area contributed by atoms with Gasteiger partial charge in [0.25, 0.3) is 0 Å². The van der Waals surface area contributed by atoms with Crippen LogP contribution < -0.4 is 5.11 Å². The topological polar surface area (TPSA) is 87.7 Å². The third kappa shape index (κ3) is 3.31. The van der Waals surface area contributed by atoms with Crippen molar-refractivity contribution in [2.24, 2.45) is 5.92 Å². The van der Waals surface area contributed by atoms with Gasteiger partial charge in [-0.15, -0.1) is 5.75 Å². The van der Waals surface area contributed by atoms with Gasteiger partial charge in [0.2, 0.25) is 0 Å². The van der Waals surface area contributed by atoms with Crippen molar-refractivity contribution in [2.45, 2.75) is 12.3 Å². The maximum Gasteiger partial charge on any atom is 0.163 e. The number of nitriles is 2. The first-order valence-corrected chi connectivity index (χ1v) is 6.80. The van der Waals surface area contributed by atoms with Crippen molar-refractivity contribution < 1.29 is 9.90 Å². The van der Waals surface area contributed by atoms with E-state index in [1.165, 1.54) is 6.07 Å². The normalized spacial score (nSPS) is 11.4. The van der Waals surface area contributed by atoms with Crippen LogP contribution in [-0.4, -0.2) is 5.78 Å². The zero-order valence-corrected chi connectivity index (χ0v) is 11.8. The molecule has 2 rings (SSSR count). The van der Waals surface area contributed by atoms with Crippen molar-refractivity contribution >= 4 is 5.78 Å². The Kier molecular flexibility index (Phi) is 4.90. The molecule has 0 spiro atoms. The first kappa shape index (κ1) is 15.3. The maximum absolute atomic E-state index is 12.4. The molecule has 0 radical (unpaired) electrons. The molecule has 0 aliphatic rings. The minimum absolute atomic E-state index is 0.0466. The van der Waals surface area contributed by atoms with Gasteiger partial charge in [-0.1, -0.05) is 54.6 Å². The van der Waals surface area contributed by atoms with E-state index in [0.717, 1.165) is 0 Å². The summed E-state index contributed by atoms with van der Waals surface area (Å²) in [4.78, 5) is 12.4. The fraction of sp³-hybridized carbons (Fsp3) is 0.167. The molecule has 4 nitrogen and oxygen atoms in total. The molecule has 0 heterocycles. The highest BCUT2D eigenvalue weighted by Crippen LogP contribution is 2.33. The Bertz CT molecular complexity index is 728. The Balaban J connectivity index is 2.35. The molecular weight excluding hydrogens is 276 g/mol. The lowest BCUT2D eigenvalue weighted by Gasteiger charge is -2.23. The summed E-state index contributed by atoms with van der Waals surface area (Å²) < 4.78 is 0. The van der Waals surface area contributed by atoms with Crippen LogP contribution in [-0.2, 0) is 0 Å². The van der Waals surface area contributed by atoms with Gasteiger partial charge in [-0.2, -0.15) is 10.5 Å². The number of nitrogens with zero attached hydrogens (tertiary/aromatic N) is 2. The zero-order valence-electron chi connectivity index (χ0n) is 11.8. The fourth-order valence-corrected chi connectivity index (χ4v) is 2.34. The number of rotatable bonds is 5. The third-order valence-corrected chi connectivity index (χ3v) is 3.50. The minimum atomic E-state index is -1.04. The molecule has 2 aromatic rings. The van der Waals surface area contributed by atoms with Gasteiger partial charge in [0.1, 0.15) is 5.92 Å². The molecule has 108 valence electrons. The van der Waals surface area contributed by atoms with Gasteiger partial charge in [-0.3, -0.25) is 4.79 Å². The van der Waals surface area contributed by atoms with Crippen LogP contribution in [0.25, 0.3) is 0 Å². The van der Waals surface area contributed by atoms with Crippen LogP contribution in [0.15, 0.2) is 54.6 Å². The molecule has 4 heteroatoms. The monoisotopic (exact) mass is 289 g/mol. The van der Waals surface area contributed by atoms with Gasteiger partial charge in [0, 0.05) is 17.9 Å². The summed E-state index contributed by atoms with van der Waals surface area (Å²) in [5, 5.41) is 30.3. The van der Waals surface area contributed by atoms with E-state index in [2.05, 4.69) is 0 Å². The molecule has 1 unspecified atom stereocenters. The SMILES string of the molecule is N#CC(C#N)C(CC(=O)c1ccccc1)c1ccccc1[O-]. The Morgan fingerprint density at radius 3 is 2.18 bits per heavy atom. The Labute approximate surface area is 128 Å². The molecule has 0 amide bonds. The number of hydrogen-bond donors (Lipinski definition) is 0. The van der Waals surface area contributed by atoms with E-state index in [1.807, 2.05) is 12.1 Å². The zero-order chi connectivity index (χ0) is 15.9. The summed E-state index contributed by atoms with van der Waals surface area (Å²) in [6.45, 7) is 0. The molecule has 0 fully saturated rings. The lowest BCUT2D eigenvalue weighted by atomic mass is 9.82. The van der Waals surface area contributed by atoms with Gasteiger partial charge >= 0.3 is 0 Å². The number of carbonyl (C=O) groups is 1. The van der Waals surface area contributed by atoms with E-state index in [9.17, 15) is 9.90 Å².